The summed E-state index contributed by atoms with van der Waals surface area (Å²) in [6.07, 6.45) is 0. The number of thioether (sulfide) groups is 1. The van der Waals surface area contributed by atoms with Crippen molar-refractivity contribution in [3.05, 3.63) is 108 Å². The van der Waals surface area contributed by atoms with E-state index in [1.807, 2.05) is 91.9 Å². The molecular formula is C28H26N2O3S. The van der Waals surface area contributed by atoms with E-state index < -0.39 is 6.04 Å². The van der Waals surface area contributed by atoms with Gasteiger partial charge in [-0.1, -0.05) is 72.8 Å². The van der Waals surface area contributed by atoms with Crippen LogP contribution < -0.4 is 10.6 Å². The molecule has 4 aromatic carbocycles. The van der Waals surface area contributed by atoms with Crippen LogP contribution in [-0.2, 0) is 9.59 Å². The molecule has 0 aromatic heterocycles. The van der Waals surface area contributed by atoms with Gasteiger partial charge < -0.3 is 15.7 Å². The molecule has 2 amide bonds. The van der Waals surface area contributed by atoms with Gasteiger partial charge in [0, 0.05) is 11.3 Å². The van der Waals surface area contributed by atoms with Crippen LogP contribution in [-0.4, -0.2) is 28.4 Å². The summed E-state index contributed by atoms with van der Waals surface area (Å²) >= 11 is 1.25. The Morgan fingerprint density at radius 3 is 2.38 bits per heavy atom. The molecule has 34 heavy (non-hydrogen) atoms. The Bertz CT molecular complexity index is 1310. The summed E-state index contributed by atoms with van der Waals surface area (Å²) in [5, 5.41) is 18.5. The van der Waals surface area contributed by atoms with E-state index in [1.165, 1.54) is 11.8 Å². The standard InChI is InChI=1S/C28H26N2O3S/c1-19-8-7-12-22(16-19)29-25(32)17-34-18-26(33)30-28(21-10-3-2-4-11-21)27-23-13-6-5-9-20(23)14-15-24(27)31/h2-16,28,31H,17-18H2,1H3,(H,29,32)(H,30,33). The monoisotopic (exact) mass is 470 g/mol. The fraction of sp³-hybridized carbons (Fsp3) is 0.143. The normalized spacial score (nSPS) is 11.7. The van der Waals surface area contributed by atoms with Crippen LogP contribution in [0.15, 0.2) is 91.0 Å². The summed E-state index contributed by atoms with van der Waals surface area (Å²) in [6, 6.07) is 27.9. The van der Waals surface area contributed by atoms with Crippen LogP contribution in [0.3, 0.4) is 0 Å². The van der Waals surface area contributed by atoms with Gasteiger partial charge in [-0.05, 0) is 47.0 Å². The zero-order valence-electron chi connectivity index (χ0n) is 18.8. The molecule has 6 heteroatoms. The van der Waals surface area contributed by atoms with Gasteiger partial charge in [-0.3, -0.25) is 9.59 Å². The van der Waals surface area contributed by atoms with Gasteiger partial charge in [0.2, 0.25) is 11.8 Å². The first-order valence-electron chi connectivity index (χ1n) is 11.0. The predicted octanol–water partition coefficient (Wildman–Crippen LogP) is 5.43. The number of amides is 2. The van der Waals surface area contributed by atoms with Crippen LogP contribution in [0, 0.1) is 6.92 Å². The predicted molar refractivity (Wildman–Crippen MR) is 139 cm³/mol. The zero-order chi connectivity index (χ0) is 23.9. The van der Waals surface area contributed by atoms with E-state index >= 15 is 0 Å². The van der Waals surface area contributed by atoms with Crippen molar-refractivity contribution in [2.75, 3.05) is 16.8 Å². The number of benzene rings is 4. The molecule has 0 spiro atoms. The second kappa shape index (κ2) is 10.9. The number of aromatic hydroxyl groups is 1. The molecule has 3 N–H and O–H groups in total. The maximum atomic E-state index is 12.9. The van der Waals surface area contributed by atoms with Crippen LogP contribution in [0.2, 0.25) is 0 Å². The Balaban J connectivity index is 1.46. The van der Waals surface area contributed by atoms with Crippen molar-refractivity contribution in [1.29, 1.82) is 0 Å². The zero-order valence-corrected chi connectivity index (χ0v) is 19.6. The van der Waals surface area contributed by atoms with Crippen molar-refractivity contribution in [2.24, 2.45) is 0 Å². The van der Waals surface area contributed by atoms with Crippen LogP contribution in [0.1, 0.15) is 22.7 Å². The molecule has 0 radical (unpaired) electrons. The van der Waals surface area contributed by atoms with Crippen molar-refractivity contribution in [3.8, 4) is 5.75 Å². The molecule has 4 aromatic rings. The lowest BCUT2D eigenvalue weighted by Crippen LogP contribution is -2.31. The van der Waals surface area contributed by atoms with Crippen LogP contribution in [0.25, 0.3) is 10.8 Å². The molecule has 0 saturated heterocycles. The number of phenolic OH excluding ortho intramolecular Hbond substituents is 1. The lowest BCUT2D eigenvalue weighted by Gasteiger charge is -2.22. The molecule has 4 rings (SSSR count). The second-order valence-corrected chi connectivity index (χ2v) is 9.03. The minimum atomic E-state index is -0.526. The van der Waals surface area contributed by atoms with Crippen molar-refractivity contribution < 1.29 is 14.7 Å². The maximum Gasteiger partial charge on any atom is 0.234 e. The Labute approximate surface area is 203 Å². The van der Waals surface area contributed by atoms with E-state index in [9.17, 15) is 14.7 Å². The Kier molecular flexibility index (Phi) is 7.50. The Morgan fingerprint density at radius 1 is 0.853 bits per heavy atom. The number of nitrogens with one attached hydrogen (secondary N) is 2. The number of aryl methyl sites for hydroxylation is 1. The van der Waals surface area contributed by atoms with E-state index in [0.29, 0.717) is 5.56 Å². The third kappa shape index (κ3) is 5.77. The van der Waals surface area contributed by atoms with Gasteiger partial charge in [0.25, 0.3) is 0 Å². The Hall–Kier alpha value is -3.77. The summed E-state index contributed by atoms with van der Waals surface area (Å²) in [6.45, 7) is 1.96. The molecule has 1 unspecified atom stereocenters. The number of hydrogen-bond donors (Lipinski definition) is 3. The number of hydrogen-bond acceptors (Lipinski definition) is 4. The molecule has 0 fully saturated rings. The minimum absolute atomic E-state index is 0.121. The first-order valence-corrected chi connectivity index (χ1v) is 12.2. The molecule has 0 heterocycles. The molecule has 0 saturated carbocycles. The largest absolute Gasteiger partial charge is 0.508 e. The average Bonchev–Trinajstić information content (AvgIpc) is 2.83. The molecule has 0 aliphatic carbocycles. The number of carbonyl (C=O) groups excluding carboxylic acids is 2. The van der Waals surface area contributed by atoms with Gasteiger partial charge in [0.15, 0.2) is 0 Å². The topological polar surface area (TPSA) is 78.4 Å². The molecule has 172 valence electrons. The fourth-order valence-corrected chi connectivity index (χ4v) is 4.54. The lowest BCUT2D eigenvalue weighted by atomic mass is 9.92. The highest BCUT2D eigenvalue weighted by Gasteiger charge is 2.22. The SMILES string of the molecule is Cc1cccc(NC(=O)CSCC(=O)NC(c2ccccc2)c2c(O)ccc3ccccc23)c1. The number of phenols is 1. The molecular weight excluding hydrogens is 444 g/mol. The van der Waals surface area contributed by atoms with Crippen molar-refractivity contribution in [3.63, 3.8) is 0 Å². The first kappa shape index (κ1) is 23.4. The van der Waals surface area contributed by atoms with Crippen LogP contribution in [0.4, 0.5) is 5.69 Å². The Morgan fingerprint density at radius 2 is 1.59 bits per heavy atom. The summed E-state index contributed by atoms with van der Waals surface area (Å²) in [5.74, 6) is 0.0368. The van der Waals surface area contributed by atoms with Gasteiger partial charge in [0.05, 0.1) is 17.5 Å². The van der Waals surface area contributed by atoms with Crippen molar-refractivity contribution in [1.82, 2.24) is 5.32 Å². The summed E-state index contributed by atoms with van der Waals surface area (Å²) in [7, 11) is 0. The van der Waals surface area contributed by atoms with Crippen LogP contribution in [0.5, 0.6) is 5.75 Å². The van der Waals surface area contributed by atoms with Gasteiger partial charge >= 0.3 is 0 Å². The van der Waals surface area contributed by atoms with Gasteiger partial charge in [-0.2, -0.15) is 0 Å². The van der Waals surface area contributed by atoms with E-state index in [4.69, 9.17) is 0 Å². The number of fused-ring (bicyclic) bond motifs is 1. The van der Waals surface area contributed by atoms with Crippen LogP contribution >= 0.6 is 11.8 Å². The molecule has 1 atom stereocenters. The molecule has 0 aliphatic heterocycles. The van der Waals surface area contributed by atoms with E-state index in [1.54, 1.807) is 6.07 Å². The molecule has 0 bridgehead atoms. The van der Waals surface area contributed by atoms with Crippen molar-refractivity contribution >= 4 is 40.0 Å². The number of anilines is 1. The van der Waals surface area contributed by atoms with E-state index in [-0.39, 0.29) is 29.1 Å². The number of carbonyl (C=O) groups is 2. The lowest BCUT2D eigenvalue weighted by molar-refractivity contribution is -0.119. The van der Waals surface area contributed by atoms with Gasteiger partial charge in [0.1, 0.15) is 5.75 Å². The van der Waals surface area contributed by atoms with Gasteiger partial charge in [-0.15, -0.1) is 11.8 Å². The first-order chi connectivity index (χ1) is 16.5. The van der Waals surface area contributed by atoms with Gasteiger partial charge in [-0.25, -0.2) is 0 Å². The summed E-state index contributed by atoms with van der Waals surface area (Å²) in [4.78, 5) is 25.2. The maximum absolute atomic E-state index is 12.9. The minimum Gasteiger partial charge on any atom is -0.508 e. The highest BCUT2D eigenvalue weighted by Crippen LogP contribution is 2.35. The summed E-state index contributed by atoms with van der Waals surface area (Å²) in [5.41, 5.74) is 3.32. The summed E-state index contributed by atoms with van der Waals surface area (Å²) < 4.78 is 0. The van der Waals surface area contributed by atoms with E-state index in [0.717, 1.165) is 27.6 Å². The third-order valence-electron chi connectivity index (χ3n) is 5.44. The highest BCUT2D eigenvalue weighted by atomic mass is 32.2. The highest BCUT2D eigenvalue weighted by molar-refractivity contribution is 8.00. The second-order valence-electron chi connectivity index (χ2n) is 8.04. The van der Waals surface area contributed by atoms with Crippen molar-refractivity contribution in [2.45, 2.75) is 13.0 Å². The van der Waals surface area contributed by atoms with E-state index in [2.05, 4.69) is 10.6 Å². The fourth-order valence-electron chi connectivity index (χ4n) is 3.91. The third-order valence-corrected chi connectivity index (χ3v) is 6.38. The average molecular weight is 471 g/mol. The molecule has 5 nitrogen and oxygen atoms in total. The quantitative estimate of drug-likeness (QED) is 0.321. The molecule has 0 aliphatic rings. The smallest absolute Gasteiger partial charge is 0.234 e. The number of rotatable bonds is 8.